The highest BCUT2D eigenvalue weighted by atomic mass is 35.5. The van der Waals surface area contributed by atoms with E-state index in [9.17, 15) is 4.79 Å². The van der Waals surface area contributed by atoms with Gasteiger partial charge in [-0.2, -0.15) is 0 Å². The predicted octanol–water partition coefficient (Wildman–Crippen LogP) is 1.18. The summed E-state index contributed by atoms with van der Waals surface area (Å²) in [5.74, 6) is -0.436. The molecule has 1 atom stereocenters. The highest BCUT2D eigenvalue weighted by Gasteiger charge is 2.17. The van der Waals surface area contributed by atoms with Gasteiger partial charge in [0.15, 0.2) is 5.78 Å². The summed E-state index contributed by atoms with van der Waals surface area (Å²) in [6, 6.07) is 0. The van der Waals surface area contributed by atoms with Crippen molar-refractivity contribution in [1.29, 1.82) is 0 Å². The third-order valence-corrected chi connectivity index (χ3v) is 1.83. The molecule has 0 aliphatic heterocycles. The molecule has 0 aromatic carbocycles. The van der Waals surface area contributed by atoms with Crippen molar-refractivity contribution in [3.05, 3.63) is 22.2 Å². The van der Waals surface area contributed by atoms with Crippen LogP contribution in [-0.4, -0.2) is 17.0 Å². The zero-order valence-electron chi connectivity index (χ0n) is 4.84. The Hall–Kier alpha value is -0.310. The molecule has 0 amide bonds. The standard InChI is InChI=1S/C6H4Cl2O2/c7-3-1-5(9)6(10)2-4(3)8/h1-2,5,9H/t5-/m1/s1. The first-order chi connectivity index (χ1) is 4.61. The Morgan fingerprint density at radius 2 is 2.00 bits per heavy atom. The Morgan fingerprint density at radius 1 is 1.40 bits per heavy atom. The molecule has 1 N–H and O–H groups in total. The number of ketones is 1. The van der Waals surface area contributed by atoms with Crippen LogP contribution in [0.4, 0.5) is 0 Å². The summed E-state index contributed by atoms with van der Waals surface area (Å²) in [5, 5.41) is 9.25. The van der Waals surface area contributed by atoms with Crippen molar-refractivity contribution in [2.24, 2.45) is 0 Å². The molecular weight excluding hydrogens is 175 g/mol. The lowest BCUT2D eigenvalue weighted by Gasteiger charge is -2.07. The number of aliphatic hydroxyl groups excluding tert-OH is 1. The maximum atomic E-state index is 10.6. The minimum absolute atomic E-state index is 0.178. The van der Waals surface area contributed by atoms with Gasteiger partial charge < -0.3 is 5.11 Å². The van der Waals surface area contributed by atoms with Gasteiger partial charge in [-0.3, -0.25) is 4.79 Å². The third-order valence-electron chi connectivity index (χ3n) is 1.09. The van der Waals surface area contributed by atoms with E-state index in [1.165, 1.54) is 6.08 Å². The Balaban J connectivity index is 2.94. The molecule has 0 saturated heterocycles. The van der Waals surface area contributed by atoms with E-state index in [2.05, 4.69) is 0 Å². The molecule has 0 saturated carbocycles. The Labute approximate surface area is 67.7 Å². The van der Waals surface area contributed by atoms with Gasteiger partial charge in [0.05, 0.1) is 10.1 Å². The minimum atomic E-state index is -1.13. The van der Waals surface area contributed by atoms with Crippen LogP contribution in [-0.2, 0) is 4.79 Å². The van der Waals surface area contributed by atoms with E-state index in [0.29, 0.717) is 0 Å². The Bertz CT molecular complexity index is 230. The lowest BCUT2D eigenvalue weighted by molar-refractivity contribution is -0.120. The van der Waals surface area contributed by atoms with Crippen molar-refractivity contribution in [3.8, 4) is 0 Å². The number of aliphatic hydroxyl groups is 1. The van der Waals surface area contributed by atoms with Gasteiger partial charge in [-0.1, -0.05) is 23.2 Å². The van der Waals surface area contributed by atoms with Crippen LogP contribution in [0.25, 0.3) is 0 Å². The fourth-order valence-electron chi connectivity index (χ4n) is 0.580. The third kappa shape index (κ3) is 1.40. The predicted molar refractivity (Wildman–Crippen MR) is 38.9 cm³/mol. The van der Waals surface area contributed by atoms with Gasteiger partial charge in [0, 0.05) is 6.08 Å². The van der Waals surface area contributed by atoms with Crippen LogP contribution >= 0.6 is 23.2 Å². The Morgan fingerprint density at radius 3 is 2.50 bits per heavy atom. The number of allylic oxidation sites excluding steroid dienone is 2. The first kappa shape index (κ1) is 7.79. The summed E-state index contributed by atoms with van der Waals surface area (Å²) in [6.45, 7) is 0. The molecular formula is C6H4Cl2O2. The molecule has 10 heavy (non-hydrogen) atoms. The summed E-state index contributed by atoms with van der Waals surface area (Å²) >= 11 is 10.9. The maximum absolute atomic E-state index is 10.6. The molecule has 0 fully saturated rings. The number of hydrogen-bond donors (Lipinski definition) is 1. The number of hydrogen-bond acceptors (Lipinski definition) is 2. The number of halogens is 2. The molecule has 54 valence electrons. The summed E-state index contributed by atoms with van der Waals surface area (Å²) in [4.78, 5) is 10.6. The molecule has 0 aromatic rings. The summed E-state index contributed by atoms with van der Waals surface area (Å²) in [5.41, 5.74) is 0. The summed E-state index contributed by atoms with van der Waals surface area (Å²) < 4.78 is 0. The lowest BCUT2D eigenvalue weighted by Crippen LogP contribution is -2.18. The molecule has 0 unspecified atom stereocenters. The molecule has 0 aromatic heterocycles. The van der Waals surface area contributed by atoms with Crippen LogP contribution in [0.2, 0.25) is 0 Å². The van der Waals surface area contributed by atoms with Gasteiger partial charge in [-0.25, -0.2) is 0 Å². The van der Waals surface area contributed by atoms with E-state index in [1.807, 2.05) is 0 Å². The fourth-order valence-corrected chi connectivity index (χ4v) is 0.924. The number of rotatable bonds is 0. The molecule has 2 nitrogen and oxygen atoms in total. The van der Waals surface area contributed by atoms with Crippen molar-refractivity contribution in [2.45, 2.75) is 6.10 Å². The molecule has 1 aliphatic rings. The van der Waals surface area contributed by atoms with Crippen LogP contribution in [0.1, 0.15) is 0 Å². The molecule has 0 heterocycles. The van der Waals surface area contributed by atoms with Gasteiger partial charge >= 0.3 is 0 Å². The maximum Gasteiger partial charge on any atom is 0.189 e. The van der Waals surface area contributed by atoms with E-state index in [-0.39, 0.29) is 10.1 Å². The highest BCUT2D eigenvalue weighted by molar-refractivity contribution is 6.45. The number of carbonyl (C=O) groups excluding carboxylic acids is 1. The zero-order valence-corrected chi connectivity index (χ0v) is 6.36. The first-order valence-electron chi connectivity index (χ1n) is 2.58. The zero-order chi connectivity index (χ0) is 7.72. The average Bonchev–Trinajstić information content (AvgIpc) is 1.84. The van der Waals surface area contributed by atoms with E-state index in [4.69, 9.17) is 28.3 Å². The van der Waals surface area contributed by atoms with Crippen LogP contribution in [0, 0.1) is 0 Å². The molecule has 1 aliphatic carbocycles. The van der Waals surface area contributed by atoms with E-state index < -0.39 is 11.9 Å². The van der Waals surface area contributed by atoms with Crippen molar-refractivity contribution in [2.75, 3.05) is 0 Å². The SMILES string of the molecule is O=C1C=C(Cl)C(Cl)=C[C@H]1O. The molecule has 0 radical (unpaired) electrons. The van der Waals surface area contributed by atoms with Gasteiger partial charge in [-0.15, -0.1) is 0 Å². The quantitative estimate of drug-likeness (QED) is 0.606. The van der Waals surface area contributed by atoms with E-state index >= 15 is 0 Å². The van der Waals surface area contributed by atoms with Crippen molar-refractivity contribution < 1.29 is 9.90 Å². The second-order valence-corrected chi connectivity index (χ2v) is 2.67. The summed E-state index contributed by atoms with van der Waals surface area (Å²) in [6.07, 6.45) is 1.18. The van der Waals surface area contributed by atoms with Crippen molar-refractivity contribution in [3.63, 3.8) is 0 Å². The molecule has 0 bridgehead atoms. The monoisotopic (exact) mass is 178 g/mol. The molecule has 1 rings (SSSR count). The average molecular weight is 179 g/mol. The fraction of sp³-hybridized carbons (Fsp3) is 0.167. The minimum Gasteiger partial charge on any atom is -0.381 e. The van der Waals surface area contributed by atoms with E-state index in [1.54, 1.807) is 0 Å². The van der Waals surface area contributed by atoms with Crippen molar-refractivity contribution >= 4 is 29.0 Å². The number of carbonyl (C=O) groups is 1. The second-order valence-electron chi connectivity index (χ2n) is 1.85. The normalized spacial score (nSPS) is 25.9. The topological polar surface area (TPSA) is 37.3 Å². The molecule has 4 heteroatoms. The Kier molecular flexibility index (Phi) is 2.14. The van der Waals surface area contributed by atoms with Crippen LogP contribution in [0.3, 0.4) is 0 Å². The van der Waals surface area contributed by atoms with Gasteiger partial charge in [-0.05, 0) is 6.08 Å². The van der Waals surface area contributed by atoms with Gasteiger partial charge in [0.1, 0.15) is 6.10 Å². The second kappa shape index (κ2) is 2.74. The van der Waals surface area contributed by atoms with Gasteiger partial charge in [0.2, 0.25) is 0 Å². The van der Waals surface area contributed by atoms with Crippen LogP contribution < -0.4 is 0 Å². The highest BCUT2D eigenvalue weighted by Crippen LogP contribution is 2.23. The van der Waals surface area contributed by atoms with Crippen molar-refractivity contribution in [1.82, 2.24) is 0 Å². The van der Waals surface area contributed by atoms with Gasteiger partial charge in [0.25, 0.3) is 0 Å². The van der Waals surface area contributed by atoms with E-state index in [0.717, 1.165) is 6.08 Å². The molecule has 0 spiro atoms. The largest absolute Gasteiger partial charge is 0.381 e. The lowest BCUT2D eigenvalue weighted by atomic mass is 10.1. The van der Waals surface area contributed by atoms with Crippen LogP contribution in [0.15, 0.2) is 22.2 Å². The smallest absolute Gasteiger partial charge is 0.189 e. The van der Waals surface area contributed by atoms with Crippen LogP contribution in [0.5, 0.6) is 0 Å². The first-order valence-corrected chi connectivity index (χ1v) is 3.33. The summed E-state index contributed by atoms with van der Waals surface area (Å²) in [7, 11) is 0.